The predicted octanol–water partition coefficient (Wildman–Crippen LogP) is 0.301. The maximum atomic E-state index is 10.5. The summed E-state index contributed by atoms with van der Waals surface area (Å²) in [6.07, 6.45) is 0.386. The Hall–Kier alpha value is 0.110. The van der Waals surface area contributed by atoms with E-state index in [0.717, 1.165) is 0 Å². The highest BCUT2D eigenvalue weighted by Gasteiger charge is 2.57. The molecule has 1 unspecified atom stereocenters. The van der Waals surface area contributed by atoms with Gasteiger partial charge in [-0.3, -0.25) is 4.57 Å². The average molecular weight is 152 g/mol. The van der Waals surface area contributed by atoms with E-state index in [1.807, 2.05) is 0 Å². The molecule has 5 heteroatoms. The number of epoxide rings is 1. The lowest BCUT2D eigenvalue weighted by Gasteiger charge is -2.09. The molecule has 54 valence electrons. The molecule has 0 radical (unpaired) electrons. The first kappa shape index (κ1) is 7.22. The molecule has 0 amide bonds. The van der Waals surface area contributed by atoms with Gasteiger partial charge in [-0.25, -0.2) is 0 Å². The summed E-state index contributed by atoms with van der Waals surface area (Å²) in [5, 5.41) is -1.10. The van der Waals surface area contributed by atoms with E-state index in [-0.39, 0.29) is 6.61 Å². The highest BCUT2D eigenvalue weighted by molar-refractivity contribution is 7.53. The van der Waals surface area contributed by atoms with E-state index < -0.39 is 12.9 Å². The lowest BCUT2D eigenvalue weighted by Crippen LogP contribution is -2.08. The molecule has 1 rings (SSSR count). The van der Waals surface area contributed by atoms with Gasteiger partial charge in [0, 0.05) is 0 Å². The van der Waals surface area contributed by atoms with Crippen molar-refractivity contribution in [2.75, 3.05) is 6.61 Å². The van der Waals surface area contributed by atoms with Crippen LogP contribution in [0.5, 0.6) is 0 Å². The van der Waals surface area contributed by atoms with E-state index in [4.69, 9.17) is 9.79 Å². The minimum atomic E-state index is -3.98. The first-order valence-corrected chi connectivity index (χ1v) is 4.33. The summed E-state index contributed by atoms with van der Waals surface area (Å²) in [5.74, 6) is 0. The zero-order valence-electron chi connectivity index (χ0n) is 5.07. The smallest absolute Gasteiger partial charge is 0.356 e. The van der Waals surface area contributed by atoms with Gasteiger partial charge in [-0.15, -0.1) is 0 Å². The van der Waals surface area contributed by atoms with Gasteiger partial charge in [0.2, 0.25) is 0 Å². The van der Waals surface area contributed by atoms with Crippen LogP contribution in [0.25, 0.3) is 0 Å². The van der Waals surface area contributed by atoms with Crippen molar-refractivity contribution in [3.63, 3.8) is 0 Å². The summed E-state index contributed by atoms with van der Waals surface area (Å²) >= 11 is 0. The Morgan fingerprint density at radius 3 is 2.22 bits per heavy atom. The summed E-state index contributed by atoms with van der Waals surface area (Å²) in [6.45, 7) is 1.90. The van der Waals surface area contributed by atoms with Crippen molar-refractivity contribution >= 4 is 7.60 Å². The first-order chi connectivity index (χ1) is 4.02. The van der Waals surface area contributed by atoms with E-state index in [0.29, 0.717) is 6.42 Å². The molecule has 0 aromatic heterocycles. The highest BCUT2D eigenvalue weighted by Crippen LogP contribution is 2.60. The molecule has 1 saturated heterocycles. The van der Waals surface area contributed by atoms with Crippen LogP contribution in [0.3, 0.4) is 0 Å². The molecule has 1 heterocycles. The van der Waals surface area contributed by atoms with Crippen LogP contribution in [0.1, 0.15) is 13.3 Å². The van der Waals surface area contributed by atoms with Crippen molar-refractivity contribution in [1.82, 2.24) is 0 Å². The van der Waals surface area contributed by atoms with Crippen molar-refractivity contribution < 1.29 is 19.1 Å². The molecule has 1 aliphatic heterocycles. The first-order valence-electron chi connectivity index (χ1n) is 2.71. The summed E-state index contributed by atoms with van der Waals surface area (Å²) in [6, 6.07) is 0. The molecule has 2 N–H and O–H groups in total. The van der Waals surface area contributed by atoms with Gasteiger partial charge in [-0.05, 0) is 6.42 Å². The second-order valence-corrected chi connectivity index (χ2v) is 4.04. The number of ether oxygens (including phenoxy) is 1. The second kappa shape index (κ2) is 1.80. The van der Waals surface area contributed by atoms with Gasteiger partial charge < -0.3 is 14.5 Å². The normalized spacial score (nSPS) is 34.6. The van der Waals surface area contributed by atoms with E-state index in [1.54, 1.807) is 6.92 Å². The molecule has 0 aliphatic carbocycles. The molecule has 0 saturated carbocycles. The van der Waals surface area contributed by atoms with E-state index in [1.165, 1.54) is 0 Å². The topological polar surface area (TPSA) is 70.1 Å². The fourth-order valence-electron chi connectivity index (χ4n) is 0.662. The Bertz CT molecular complexity index is 156. The molecule has 0 aromatic carbocycles. The molecule has 1 fully saturated rings. The SMILES string of the molecule is CCC1(P(=O)(O)O)CO1. The Labute approximate surface area is 53.0 Å². The number of hydrogen-bond donors (Lipinski definition) is 2. The summed E-state index contributed by atoms with van der Waals surface area (Å²) in [5.41, 5.74) is 0. The zero-order chi connectivity index (χ0) is 7.12. The summed E-state index contributed by atoms with van der Waals surface area (Å²) < 4.78 is 15.2. The van der Waals surface area contributed by atoms with Gasteiger partial charge in [-0.2, -0.15) is 0 Å². The van der Waals surface area contributed by atoms with Gasteiger partial charge in [0.15, 0.2) is 5.34 Å². The zero-order valence-corrected chi connectivity index (χ0v) is 5.97. The van der Waals surface area contributed by atoms with Gasteiger partial charge in [0.05, 0.1) is 6.61 Å². The van der Waals surface area contributed by atoms with Crippen LogP contribution >= 0.6 is 7.60 Å². The minimum Gasteiger partial charge on any atom is -0.356 e. The Kier molecular flexibility index (Phi) is 1.44. The fourth-order valence-corrected chi connectivity index (χ4v) is 1.47. The molecule has 4 nitrogen and oxygen atoms in total. The molecule has 0 bridgehead atoms. The van der Waals surface area contributed by atoms with Crippen LogP contribution in [0.2, 0.25) is 0 Å². The van der Waals surface area contributed by atoms with Crippen molar-refractivity contribution in [2.45, 2.75) is 18.7 Å². The molecule has 9 heavy (non-hydrogen) atoms. The molecule has 0 aromatic rings. The third-order valence-electron chi connectivity index (χ3n) is 1.56. The monoisotopic (exact) mass is 152 g/mol. The lowest BCUT2D eigenvalue weighted by molar-refractivity contribution is 0.284. The highest BCUT2D eigenvalue weighted by atomic mass is 31.2. The Balaban J connectivity index is 2.72. The van der Waals surface area contributed by atoms with Crippen LogP contribution in [0.4, 0.5) is 0 Å². The number of rotatable bonds is 2. The van der Waals surface area contributed by atoms with E-state index >= 15 is 0 Å². The largest absolute Gasteiger partial charge is 0.359 e. The molecular weight excluding hydrogens is 143 g/mol. The second-order valence-electron chi connectivity index (χ2n) is 2.13. The predicted molar refractivity (Wildman–Crippen MR) is 31.0 cm³/mol. The maximum Gasteiger partial charge on any atom is 0.359 e. The third-order valence-corrected chi connectivity index (χ3v) is 3.20. The summed E-state index contributed by atoms with van der Waals surface area (Å²) in [4.78, 5) is 17.2. The van der Waals surface area contributed by atoms with Crippen LogP contribution < -0.4 is 0 Å². The Morgan fingerprint density at radius 2 is 2.22 bits per heavy atom. The van der Waals surface area contributed by atoms with Crippen molar-refractivity contribution in [2.24, 2.45) is 0 Å². The molecule has 1 aliphatic rings. The molecule has 1 atom stereocenters. The van der Waals surface area contributed by atoms with Crippen LogP contribution in [-0.4, -0.2) is 21.7 Å². The lowest BCUT2D eigenvalue weighted by atomic mass is 10.4. The summed E-state index contributed by atoms with van der Waals surface area (Å²) in [7, 11) is -3.98. The standard InChI is InChI=1S/C4H9O4P/c1-2-4(3-8-4)9(5,6)7/h2-3H2,1H3,(H2,5,6,7). The van der Waals surface area contributed by atoms with E-state index in [9.17, 15) is 4.57 Å². The van der Waals surface area contributed by atoms with Crippen LogP contribution in [0, 0.1) is 0 Å². The van der Waals surface area contributed by atoms with Gasteiger partial charge >= 0.3 is 7.60 Å². The minimum absolute atomic E-state index is 0.202. The molecule has 0 spiro atoms. The quantitative estimate of drug-likeness (QED) is 0.441. The van der Waals surface area contributed by atoms with Crippen LogP contribution in [-0.2, 0) is 9.30 Å². The van der Waals surface area contributed by atoms with Crippen LogP contribution in [0.15, 0.2) is 0 Å². The fraction of sp³-hybridized carbons (Fsp3) is 1.00. The third kappa shape index (κ3) is 1.03. The Morgan fingerprint density at radius 1 is 1.78 bits per heavy atom. The van der Waals surface area contributed by atoms with Crippen molar-refractivity contribution in [1.29, 1.82) is 0 Å². The average Bonchev–Trinajstić information content (AvgIpc) is 2.40. The van der Waals surface area contributed by atoms with Gasteiger partial charge in [-0.1, -0.05) is 6.92 Å². The van der Waals surface area contributed by atoms with E-state index in [2.05, 4.69) is 4.74 Å². The van der Waals surface area contributed by atoms with Crippen molar-refractivity contribution in [3.8, 4) is 0 Å². The van der Waals surface area contributed by atoms with Gasteiger partial charge in [0.1, 0.15) is 0 Å². The van der Waals surface area contributed by atoms with Gasteiger partial charge in [0.25, 0.3) is 0 Å². The van der Waals surface area contributed by atoms with Crippen molar-refractivity contribution in [3.05, 3.63) is 0 Å². The number of hydrogen-bond acceptors (Lipinski definition) is 2. The maximum absolute atomic E-state index is 10.5. The molecular formula is C4H9O4P.